The van der Waals surface area contributed by atoms with Crippen LogP contribution in [0.4, 0.5) is 0 Å². The van der Waals surface area contributed by atoms with Crippen LogP contribution in [0.3, 0.4) is 0 Å². The third-order valence-electron chi connectivity index (χ3n) is 2.90. The molecule has 102 valence electrons. The van der Waals surface area contributed by atoms with Crippen LogP contribution < -0.4 is 5.32 Å². The normalized spacial score (nSPS) is 11.8. The summed E-state index contributed by atoms with van der Waals surface area (Å²) in [4.78, 5) is 10.7. The van der Waals surface area contributed by atoms with E-state index < -0.39 is 5.97 Å². The summed E-state index contributed by atoms with van der Waals surface area (Å²) in [6, 6.07) is 10.8. The van der Waals surface area contributed by atoms with Crippen molar-refractivity contribution in [1.29, 1.82) is 5.26 Å². The van der Waals surface area contributed by atoms with Crippen molar-refractivity contribution in [3.8, 4) is 6.07 Å². The summed E-state index contributed by atoms with van der Waals surface area (Å²) in [5.74, 6) is -0.650. The van der Waals surface area contributed by atoms with Gasteiger partial charge < -0.3 is 14.9 Å². The van der Waals surface area contributed by atoms with Crippen LogP contribution in [0.25, 0.3) is 0 Å². The van der Waals surface area contributed by atoms with Gasteiger partial charge in [-0.1, -0.05) is 17.3 Å². The molecule has 0 saturated heterocycles. The maximum Gasteiger partial charge on any atom is 0.358 e. The smallest absolute Gasteiger partial charge is 0.358 e. The highest BCUT2D eigenvalue weighted by molar-refractivity contribution is 5.85. The molecule has 1 atom stereocenters. The largest absolute Gasteiger partial charge is 0.476 e. The van der Waals surface area contributed by atoms with Crippen molar-refractivity contribution >= 4 is 5.97 Å². The monoisotopic (exact) mass is 271 g/mol. The molecule has 1 aromatic heterocycles. The van der Waals surface area contributed by atoms with E-state index in [2.05, 4.69) is 16.5 Å². The molecule has 0 aliphatic carbocycles. The van der Waals surface area contributed by atoms with Crippen LogP contribution >= 0.6 is 0 Å². The molecule has 0 aliphatic rings. The van der Waals surface area contributed by atoms with E-state index in [1.807, 2.05) is 19.1 Å². The fraction of sp³-hybridized carbons (Fsp3) is 0.214. The first kappa shape index (κ1) is 13.8. The summed E-state index contributed by atoms with van der Waals surface area (Å²) in [6.07, 6.45) is 0. The lowest BCUT2D eigenvalue weighted by Gasteiger charge is -2.12. The van der Waals surface area contributed by atoms with Gasteiger partial charge in [-0.05, 0) is 24.6 Å². The molecule has 2 aromatic rings. The van der Waals surface area contributed by atoms with Crippen LogP contribution in [0, 0.1) is 11.3 Å². The van der Waals surface area contributed by atoms with E-state index in [1.54, 1.807) is 12.1 Å². The third-order valence-corrected chi connectivity index (χ3v) is 2.90. The van der Waals surface area contributed by atoms with Crippen molar-refractivity contribution in [2.45, 2.75) is 19.5 Å². The molecule has 0 spiro atoms. The first-order valence-electron chi connectivity index (χ1n) is 6.02. The van der Waals surface area contributed by atoms with Crippen LogP contribution in [-0.4, -0.2) is 16.2 Å². The molecule has 0 bridgehead atoms. The van der Waals surface area contributed by atoms with E-state index >= 15 is 0 Å². The number of hydrogen-bond acceptors (Lipinski definition) is 5. The summed E-state index contributed by atoms with van der Waals surface area (Å²) >= 11 is 0. The topological polar surface area (TPSA) is 99.2 Å². The molecule has 1 heterocycles. The van der Waals surface area contributed by atoms with Gasteiger partial charge in [0.25, 0.3) is 0 Å². The second-order valence-electron chi connectivity index (χ2n) is 4.32. The number of carboxylic acids is 1. The van der Waals surface area contributed by atoms with Gasteiger partial charge in [0.15, 0.2) is 11.5 Å². The van der Waals surface area contributed by atoms with Crippen LogP contribution in [0.1, 0.15) is 40.3 Å². The Morgan fingerprint density at radius 3 is 2.75 bits per heavy atom. The van der Waals surface area contributed by atoms with Gasteiger partial charge in [0.1, 0.15) is 0 Å². The molecule has 6 nitrogen and oxygen atoms in total. The molecular formula is C14H13N3O3. The second-order valence-corrected chi connectivity index (χ2v) is 4.32. The van der Waals surface area contributed by atoms with Gasteiger partial charge in [0.2, 0.25) is 0 Å². The zero-order valence-electron chi connectivity index (χ0n) is 10.8. The molecule has 0 amide bonds. The summed E-state index contributed by atoms with van der Waals surface area (Å²) in [6.45, 7) is 2.34. The van der Waals surface area contributed by atoms with Crippen LogP contribution in [0.5, 0.6) is 0 Å². The number of aromatic nitrogens is 1. The molecule has 2 rings (SSSR count). The Labute approximate surface area is 115 Å². The van der Waals surface area contributed by atoms with Crippen molar-refractivity contribution in [2.24, 2.45) is 0 Å². The lowest BCUT2D eigenvalue weighted by atomic mass is 10.1. The Morgan fingerprint density at radius 2 is 2.20 bits per heavy atom. The lowest BCUT2D eigenvalue weighted by Crippen LogP contribution is -2.17. The molecule has 0 aliphatic heterocycles. The molecule has 1 unspecified atom stereocenters. The second kappa shape index (κ2) is 5.99. The fourth-order valence-corrected chi connectivity index (χ4v) is 1.71. The number of nitriles is 1. The average molecular weight is 271 g/mol. The molecule has 0 fully saturated rings. The summed E-state index contributed by atoms with van der Waals surface area (Å²) < 4.78 is 4.91. The first-order valence-corrected chi connectivity index (χ1v) is 6.02. The zero-order valence-corrected chi connectivity index (χ0v) is 10.8. The Balaban J connectivity index is 1.95. The van der Waals surface area contributed by atoms with Gasteiger partial charge in [-0.2, -0.15) is 5.26 Å². The number of hydrogen-bond donors (Lipinski definition) is 2. The zero-order chi connectivity index (χ0) is 14.5. The van der Waals surface area contributed by atoms with Crippen LogP contribution in [0.2, 0.25) is 0 Å². The van der Waals surface area contributed by atoms with E-state index in [0.717, 1.165) is 5.56 Å². The SMILES string of the molecule is CC(NCc1cc(C(=O)O)no1)c1ccc(C#N)cc1. The predicted octanol–water partition coefficient (Wildman–Crippen LogP) is 2.10. The number of carboxylic acid groups (broad SMARTS) is 1. The number of nitrogens with one attached hydrogen (secondary N) is 1. The molecule has 20 heavy (non-hydrogen) atoms. The van der Waals surface area contributed by atoms with Gasteiger partial charge in [-0.15, -0.1) is 0 Å². The Hall–Kier alpha value is -2.65. The minimum absolute atomic E-state index is 0.0427. The highest BCUT2D eigenvalue weighted by atomic mass is 16.5. The van der Waals surface area contributed by atoms with Gasteiger partial charge in [-0.3, -0.25) is 0 Å². The van der Waals surface area contributed by atoms with Crippen molar-refractivity contribution in [2.75, 3.05) is 0 Å². The molecule has 0 saturated carbocycles. The Morgan fingerprint density at radius 1 is 1.50 bits per heavy atom. The minimum Gasteiger partial charge on any atom is -0.476 e. The number of rotatable bonds is 5. The van der Waals surface area contributed by atoms with Gasteiger partial charge in [-0.25, -0.2) is 4.79 Å². The van der Waals surface area contributed by atoms with Crippen molar-refractivity contribution < 1.29 is 14.4 Å². The van der Waals surface area contributed by atoms with E-state index in [-0.39, 0.29) is 11.7 Å². The highest BCUT2D eigenvalue weighted by Gasteiger charge is 2.11. The van der Waals surface area contributed by atoms with Crippen LogP contribution in [0.15, 0.2) is 34.9 Å². The van der Waals surface area contributed by atoms with E-state index in [1.165, 1.54) is 6.07 Å². The minimum atomic E-state index is -1.11. The fourth-order valence-electron chi connectivity index (χ4n) is 1.71. The molecule has 2 N–H and O–H groups in total. The standard InChI is InChI=1S/C14H13N3O3/c1-9(11-4-2-10(7-15)3-5-11)16-8-12-6-13(14(18)19)17-20-12/h2-6,9,16H,8H2,1H3,(H,18,19). The van der Waals surface area contributed by atoms with Gasteiger partial charge in [0.05, 0.1) is 18.2 Å². The Bertz CT molecular complexity index is 640. The Kier molecular flexibility index (Phi) is 4.13. The van der Waals surface area contributed by atoms with Gasteiger partial charge >= 0.3 is 5.97 Å². The number of nitrogens with zero attached hydrogens (tertiary/aromatic N) is 2. The first-order chi connectivity index (χ1) is 9.60. The van der Waals surface area contributed by atoms with Crippen molar-refractivity contribution in [1.82, 2.24) is 10.5 Å². The molecular weight excluding hydrogens is 258 g/mol. The van der Waals surface area contributed by atoms with Gasteiger partial charge in [0, 0.05) is 12.1 Å². The van der Waals surface area contributed by atoms with E-state index in [0.29, 0.717) is 17.9 Å². The molecule has 6 heteroatoms. The summed E-state index contributed by atoms with van der Waals surface area (Å²) in [7, 11) is 0. The lowest BCUT2D eigenvalue weighted by molar-refractivity contribution is 0.0685. The number of carbonyl (C=O) groups is 1. The summed E-state index contributed by atoms with van der Waals surface area (Å²) in [5, 5.41) is 24.1. The maximum absolute atomic E-state index is 10.7. The molecule has 1 aromatic carbocycles. The van der Waals surface area contributed by atoms with Crippen molar-refractivity contribution in [3.63, 3.8) is 0 Å². The van der Waals surface area contributed by atoms with Crippen molar-refractivity contribution in [3.05, 3.63) is 52.9 Å². The molecule has 0 radical (unpaired) electrons. The summed E-state index contributed by atoms with van der Waals surface area (Å²) in [5.41, 5.74) is 1.54. The maximum atomic E-state index is 10.7. The highest BCUT2D eigenvalue weighted by Crippen LogP contribution is 2.14. The van der Waals surface area contributed by atoms with E-state index in [9.17, 15) is 4.79 Å². The number of aromatic carboxylic acids is 1. The quantitative estimate of drug-likeness (QED) is 0.863. The third kappa shape index (κ3) is 3.22. The van der Waals surface area contributed by atoms with Crippen LogP contribution in [-0.2, 0) is 6.54 Å². The average Bonchev–Trinajstić information content (AvgIpc) is 2.94. The van der Waals surface area contributed by atoms with E-state index in [4.69, 9.17) is 14.9 Å². The predicted molar refractivity (Wildman–Crippen MR) is 69.9 cm³/mol. The number of benzene rings is 1.